The number of ether oxygens (including phenoxy) is 1. The summed E-state index contributed by atoms with van der Waals surface area (Å²) in [5, 5.41) is 3.23. The van der Waals surface area contributed by atoms with Crippen molar-refractivity contribution in [2.24, 2.45) is 0 Å². The molecule has 0 saturated carbocycles. The average Bonchev–Trinajstić information content (AvgIpc) is 2.65. The first-order chi connectivity index (χ1) is 9.72. The molecule has 1 aromatic rings. The first-order valence-electron chi connectivity index (χ1n) is 7.43. The molecule has 0 radical (unpaired) electrons. The third-order valence-corrected chi connectivity index (χ3v) is 3.44. The first kappa shape index (κ1) is 15.2. The fourth-order valence-electron chi connectivity index (χ4n) is 2.41. The normalized spacial score (nSPS) is 19.9. The summed E-state index contributed by atoms with van der Waals surface area (Å²) in [5.74, 6) is 0.253. The van der Waals surface area contributed by atoms with Gasteiger partial charge in [-0.15, -0.1) is 0 Å². The Morgan fingerprint density at radius 1 is 1.55 bits per heavy atom. The summed E-state index contributed by atoms with van der Waals surface area (Å²) in [6.45, 7) is 7.77. The second-order valence-corrected chi connectivity index (χ2v) is 5.27. The fraction of sp³-hybridized carbons (Fsp3) is 0.667. The average molecular weight is 281 g/mol. The molecule has 1 aromatic heterocycles. The maximum absolute atomic E-state index is 14.6. The van der Waals surface area contributed by atoms with Crippen LogP contribution >= 0.6 is 0 Å². The highest BCUT2D eigenvalue weighted by molar-refractivity contribution is 5.43. The minimum Gasteiger partial charge on any atom is -0.377 e. The highest BCUT2D eigenvalue weighted by Gasteiger charge is 2.20. The first-order valence-corrected chi connectivity index (χ1v) is 7.43. The van der Waals surface area contributed by atoms with E-state index in [2.05, 4.69) is 17.2 Å². The monoisotopic (exact) mass is 281 g/mol. The maximum atomic E-state index is 14.6. The maximum Gasteiger partial charge on any atom is 0.170 e. The SMILES string of the molecule is CCCNCc1ccnc(N2CCCOC(C)C2)c1F. The molecule has 112 valence electrons. The summed E-state index contributed by atoms with van der Waals surface area (Å²) < 4.78 is 20.2. The van der Waals surface area contributed by atoms with E-state index in [9.17, 15) is 4.39 Å². The minimum atomic E-state index is -0.204. The molecule has 1 aliphatic heterocycles. The van der Waals surface area contributed by atoms with Gasteiger partial charge >= 0.3 is 0 Å². The summed E-state index contributed by atoms with van der Waals surface area (Å²) in [5.41, 5.74) is 0.682. The van der Waals surface area contributed by atoms with E-state index in [1.54, 1.807) is 12.3 Å². The largest absolute Gasteiger partial charge is 0.377 e. The molecule has 2 heterocycles. The van der Waals surface area contributed by atoms with Gasteiger partial charge in [-0.25, -0.2) is 9.37 Å². The molecule has 20 heavy (non-hydrogen) atoms. The van der Waals surface area contributed by atoms with Crippen LogP contribution in [0.3, 0.4) is 0 Å². The van der Waals surface area contributed by atoms with Crippen LogP contribution in [0, 0.1) is 5.82 Å². The molecule has 2 rings (SSSR count). The van der Waals surface area contributed by atoms with Crippen molar-refractivity contribution in [1.82, 2.24) is 10.3 Å². The van der Waals surface area contributed by atoms with Gasteiger partial charge in [0.05, 0.1) is 6.10 Å². The summed E-state index contributed by atoms with van der Waals surface area (Å²) in [7, 11) is 0. The van der Waals surface area contributed by atoms with Gasteiger partial charge in [-0.2, -0.15) is 0 Å². The van der Waals surface area contributed by atoms with Gasteiger partial charge in [0.1, 0.15) is 0 Å². The van der Waals surface area contributed by atoms with Crippen LogP contribution < -0.4 is 10.2 Å². The highest BCUT2D eigenvalue weighted by atomic mass is 19.1. The van der Waals surface area contributed by atoms with Crippen molar-refractivity contribution in [2.45, 2.75) is 39.3 Å². The predicted molar refractivity (Wildman–Crippen MR) is 78.4 cm³/mol. The Kier molecular flexibility index (Phi) is 5.73. The number of hydrogen-bond donors (Lipinski definition) is 1. The zero-order valence-corrected chi connectivity index (χ0v) is 12.4. The van der Waals surface area contributed by atoms with Gasteiger partial charge in [0.2, 0.25) is 0 Å². The molecule has 1 fully saturated rings. The fourth-order valence-corrected chi connectivity index (χ4v) is 2.41. The lowest BCUT2D eigenvalue weighted by atomic mass is 10.2. The Morgan fingerprint density at radius 3 is 3.20 bits per heavy atom. The van der Waals surface area contributed by atoms with Gasteiger partial charge in [-0.3, -0.25) is 0 Å². The van der Waals surface area contributed by atoms with Crippen LogP contribution in [0.1, 0.15) is 32.3 Å². The molecule has 1 aliphatic rings. The van der Waals surface area contributed by atoms with E-state index < -0.39 is 0 Å². The van der Waals surface area contributed by atoms with E-state index in [0.717, 1.165) is 32.5 Å². The summed E-state index contributed by atoms with van der Waals surface area (Å²) in [6, 6.07) is 1.75. The summed E-state index contributed by atoms with van der Waals surface area (Å²) >= 11 is 0. The van der Waals surface area contributed by atoms with Gasteiger partial charge in [-0.1, -0.05) is 6.92 Å². The molecule has 0 aliphatic carbocycles. The van der Waals surface area contributed by atoms with Crippen molar-refractivity contribution >= 4 is 5.82 Å². The summed E-state index contributed by atoms with van der Waals surface area (Å²) in [6.07, 6.45) is 3.75. The zero-order chi connectivity index (χ0) is 14.4. The molecule has 1 atom stereocenters. The number of anilines is 1. The molecule has 0 bridgehead atoms. The van der Waals surface area contributed by atoms with Crippen molar-refractivity contribution in [1.29, 1.82) is 0 Å². The van der Waals surface area contributed by atoms with Crippen molar-refractivity contribution < 1.29 is 9.13 Å². The molecule has 4 nitrogen and oxygen atoms in total. The summed E-state index contributed by atoms with van der Waals surface area (Å²) in [4.78, 5) is 6.23. The lowest BCUT2D eigenvalue weighted by Gasteiger charge is -2.24. The topological polar surface area (TPSA) is 37.4 Å². The van der Waals surface area contributed by atoms with Gasteiger partial charge in [-0.05, 0) is 32.4 Å². The van der Waals surface area contributed by atoms with Crippen molar-refractivity contribution in [2.75, 3.05) is 31.1 Å². The van der Waals surface area contributed by atoms with E-state index in [4.69, 9.17) is 4.74 Å². The van der Waals surface area contributed by atoms with E-state index >= 15 is 0 Å². The molecule has 0 amide bonds. The van der Waals surface area contributed by atoms with E-state index in [1.165, 1.54) is 0 Å². The number of halogens is 1. The Balaban J connectivity index is 2.12. The number of aromatic nitrogens is 1. The van der Waals surface area contributed by atoms with Gasteiger partial charge < -0.3 is 15.0 Å². The third-order valence-electron chi connectivity index (χ3n) is 3.44. The Morgan fingerprint density at radius 2 is 2.40 bits per heavy atom. The molecule has 5 heteroatoms. The van der Waals surface area contributed by atoms with Gasteiger partial charge in [0.15, 0.2) is 11.6 Å². The van der Waals surface area contributed by atoms with E-state index in [0.29, 0.717) is 24.5 Å². The molecular formula is C15H24FN3O. The van der Waals surface area contributed by atoms with Crippen molar-refractivity contribution in [3.8, 4) is 0 Å². The van der Waals surface area contributed by atoms with E-state index in [-0.39, 0.29) is 11.9 Å². The number of nitrogens with one attached hydrogen (secondary N) is 1. The predicted octanol–water partition coefficient (Wildman–Crippen LogP) is 2.34. The van der Waals surface area contributed by atoms with Crippen LogP contribution in [0.4, 0.5) is 10.2 Å². The molecule has 1 unspecified atom stereocenters. The van der Waals surface area contributed by atoms with Crippen LogP contribution in [-0.2, 0) is 11.3 Å². The van der Waals surface area contributed by atoms with Crippen LogP contribution in [0.15, 0.2) is 12.3 Å². The lowest BCUT2D eigenvalue weighted by Crippen LogP contribution is -2.32. The standard InChI is InChI=1S/C15H24FN3O/c1-3-6-17-10-13-5-7-18-15(14(13)16)19-8-4-9-20-12(2)11-19/h5,7,12,17H,3-4,6,8-11H2,1-2H3. The van der Waals surface area contributed by atoms with Crippen LogP contribution in [-0.4, -0.2) is 37.3 Å². The molecule has 0 spiro atoms. The second kappa shape index (κ2) is 7.55. The molecule has 1 N–H and O–H groups in total. The van der Waals surface area contributed by atoms with Crippen molar-refractivity contribution in [3.63, 3.8) is 0 Å². The number of nitrogens with zero attached hydrogens (tertiary/aromatic N) is 2. The quantitative estimate of drug-likeness (QED) is 0.841. The zero-order valence-electron chi connectivity index (χ0n) is 12.4. The molecule has 1 saturated heterocycles. The lowest BCUT2D eigenvalue weighted by molar-refractivity contribution is 0.0820. The Labute approximate surface area is 120 Å². The van der Waals surface area contributed by atoms with Gasteiger partial charge in [0, 0.05) is 38.0 Å². The van der Waals surface area contributed by atoms with Crippen LogP contribution in [0.2, 0.25) is 0 Å². The number of pyridine rings is 1. The number of rotatable bonds is 5. The van der Waals surface area contributed by atoms with Gasteiger partial charge in [0.25, 0.3) is 0 Å². The Hall–Kier alpha value is -1.20. The Bertz CT molecular complexity index is 428. The minimum absolute atomic E-state index is 0.112. The highest BCUT2D eigenvalue weighted by Crippen LogP contribution is 2.21. The smallest absolute Gasteiger partial charge is 0.170 e. The molecule has 0 aromatic carbocycles. The van der Waals surface area contributed by atoms with E-state index in [1.807, 2.05) is 11.8 Å². The van der Waals surface area contributed by atoms with Crippen LogP contribution in [0.25, 0.3) is 0 Å². The second-order valence-electron chi connectivity index (χ2n) is 5.27. The van der Waals surface area contributed by atoms with Crippen molar-refractivity contribution in [3.05, 3.63) is 23.6 Å². The third kappa shape index (κ3) is 3.90. The number of hydrogen-bond acceptors (Lipinski definition) is 4. The van der Waals surface area contributed by atoms with Crippen LogP contribution in [0.5, 0.6) is 0 Å². The molecular weight excluding hydrogens is 257 g/mol.